The van der Waals surface area contributed by atoms with Crippen LogP contribution in [0.3, 0.4) is 0 Å². The van der Waals surface area contributed by atoms with Crippen LogP contribution in [0.1, 0.15) is 305 Å². The molecule has 536 valence electrons. The highest BCUT2D eigenvalue weighted by Gasteiger charge is 2.28. The summed E-state index contributed by atoms with van der Waals surface area (Å²) < 4.78 is 13.1. The van der Waals surface area contributed by atoms with Crippen LogP contribution in [0.2, 0.25) is 0 Å². The van der Waals surface area contributed by atoms with Crippen LogP contribution >= 0.6 is 134 Å². The first-order chi connectivity index (χ1) is 48.6. The summed E-state index contributed by atoms with van der Waals surface area (Å²) >= 11 is 25.8. The molecule has 2 nitrogen and oxygen atoms in total. The Labute approximate surface area is 651 Å². The minimum Gasteiger partial charge on any atom is -0.172 e. The van der Waals surface area contributed by atoms with Crippen molar-refractivity contribution in [2.45, 2.75) is 312 Å². The van der Waals surface area contributed by atoms with E-state index in [1.807, 2.05) is 45.3 Å². The summed E-state index contributed by atoms with van der Waals surface area (Å²) in [6, 6.07) is 25.5. The third kappa shape index (κ3) is 21.7. The highest BCUT2D eigenvalue weighted by molar-refractivity contribution is 9.11. The van der Waals surface area contributed by atoms with Gasteiger partial charge in [0.2, 0.25) is 0 Å². The Morgan fingerprint density at radius 2 is 0.434 bits per heavy atom. The zero-order valence-corrected chi connectivity index (χ0v) is 71.9. The highest BCUT2D eigenvalue weighted by atomic mass is 79.9. The molecule has 0 radical (unpaired) electrons. The number of thiophene rings is 8. The topological polar surface area (TPSA) is 25.8 Å². The van der Waals surface area contributed by atoms with Crippen LogP contribution in [0.5, 0.6) is 0 Å². The first-order valence-corrected chi connectivity index (χ1v) is 48.1. The quantitative estimate of drug-likeness (QED) is 0.0355. The van der Waals surface area contributed by atoms with E-state index < -0.39 is 0 Å². The van der Waals surface area contributed by atoms with Gasteiger partial charge in [-0.25, -0.2) is 0 Å². The summed E-state index contributed by atoms with van der Waals surface area (Å²) in [6.45, 7) is 18.7. The minimum atomic E-state index is 1.06. The van der Waals surface area contributed by atoms with Crippen molar-refractivity contribution in [2.75, 3.05) is 0 Å². The minimum absolute atomic E-state index is 1.06. The number of rotatable bonds is 48. The first kappa shape index (κ1) is 79.2. The van der Waals surface area contributed by atoms with Crippen LogP contribution < -0.4 is 0 Å². The number of aromatic nitrogens is 2. The lowest BCUT2D eigenvalue weighted by molar-refractivity contribution is 0.666. The maximum Gasteiger partial charge on any atom is 0.114 e. The number of hydrogen-bond donors (Lipinski definition) is 0. The molecule has 10 aromatic rings. The van der Waals surface area contributed by atoms with Crippen molar-refractivity contribution >= 4 is 145 Å². The van der Waals surface area contributed by atoms with Gasteiger partial charge in [-0.3, -0.25) is 0 Å². The standard InChI is InChI=1S/C86H114Br2N2S9/c1-9-17-25-33-41-59-51-69(91-79(59)71-53-61(43-35-27-19-11-3)83(93-71)85-63(45-37-29-21-13-5)55-73(95-85)81-65(57-75(87)97-81)47-39-31-23-15-7)67-49-50-68(78-77(67)89-99-90-78)70-52-60(42-34-26-18-10-2)80(92-70)72-54-62(44-36-28-20-12-4)84(94-72)86-64(46-38-30-22-14-6)56-74(96-86)82-66(58-76(88)98-82)48-40-32-24-16-8/h49-58H,9-48H2,1-8H3. The molecule has 0 unspecified atom stereocenters. The fraction of sp³-hybridized carbons (Fsp3) is 0.558. The number of aryl methyl sites for hydroxylation is 8. The van der Waals surface area contributed by atoms with Gasteiger partial charge in [0.05, 0.1) is 19.3 Å². The highest BCUT2D eigenvalue weighted by Crippen LogP contribution is 2.54. The average Bonchev–Trinajstić information content (AvgIpc) is 1.64. The number of fused-ring (bicyclic) bond motifs is 1. The molecule has 0 N–H and O–H groups in total. The molecule has 0 bridgehead atoms. The molecule has 10 rings (SSSR count). The van der Waals surface area contributed by atoms with Crippen molar-refractivity contribution in [1.82, 2.24) is 8.75 Å². The summed E-state index contributed by atoms with van der Waals surface area (Å²) in [5, 5.41) is 0. The number of nitrogens with zero attached hydrogens (tertiary/aromatic N) is 2. The molecule has 0 aliphatic rings. The Balaban J connectivity index is 1.04. The molecule has 0 aliphatic heterocycles. The third-order valence-corrected chi connectivity index (χ3v) is 32.1. The number of unbranched alkanes of at least 4 members (excludes halogenated alkanes) is 24. The second-order valence-corrected chi connectivity index (χ2v) is 39.9. The SMILES string of the molecule is CCCCCCc1cc(Br)sc1-c1cc(CCCCCC)c(-c2sc(-c3sc(-c4ccc(-c5cc(CCCCCC)c(-c6cc(CCCCCC)c(-c7sc(-c8sc(Br)cc8CCCCCC)cc7CCCCCC)s6)s5)c5nsnc45)cc3CCCCCC)cc2CCCCCC)s1. The van der Waals surface area contributed by atoms with Gasteiger partial charge in [0.1, 0.15) is 11.0 Å². The lowest BCUT2D eigenvalue weighted by Gasteiger charge is -2.06. The van der Waals surface area contributed by atoms with Gasteiger partial charge in [0.15, 0.2) is 0 Å². The van der Waals surface area contributed by atoms with Crippen molar-refractivity contribution in [3.05, 3.63) is 113 Å². The summed E-state index contributed by atoms with van der Waals surface area (Å²) in [5.41, 5.74) is 17.0. The van der Waals surface area contributed by atoms with Crippen molar-refractivity contribution in [3.8, 4) is 79.4 Å². The molecule has 0 aliphatic carbocycles. The molecule has 0 saturated carbocycles. The van der Waals surface area contributed by atoms with Gasteiger partial charge in [0.25, 0.3) is 0 Å². The third-order valence-electron chi connectivity index (χ3n) is 20.1. The summed E-state index contributed by atoms with van der Waals surface area (Å²) in [7, 11) is 0. The maximum absolute atomic E-state index is 5.28. The van der Waals surface area contributed by atoms with E-state index in [-0.39, 0.29) is 0 Å². The molecule has 1 aromatic carbocycles. The monoisotopic (exact) mass is 1620 g/mol. The molecular formula is C86H114Br2N2S9. The van der Waals surface area contributed by atoms with E-state index >= 15 is 0 Å². The van der Waals surface area contributed by atoms with Gasteiger partial charge < -0.3 is 0 Å². The smallest absolute Gasteiger partial charge is 0.114 e. The van der Waals surface area contributed by atoms with Crippen LogP contribution in [0.15, 0.2) is 68.2 Å². The van der Waals surface area contributed by atoms with Gasteiger partial charge in [-0.1, -0.05) is 222 Å². The Kier molecular flexibility index (Phi) is 33.6. The zero-order chi connectivity index (χ0) is 69.3. The Morgan fingerprint density at radius 1 is 0.232 bits per heavy atom. The number of benzene rings is 1. The molecule has 0 spiro atoms. The van der Waals surface area contributed by atoms with Crippen molar-refractivity contribution in [1.29, 1.82) is 0 Å². The molecule has 9 heterocycles. The lowest BCUT2D eigenvalue weighted by atomic mass is 10.0. The predicted octanol–water partition coefficient (Wildman–Crippen LogP) is 34.0. The van der Waals surface area contributed by atoms with Gasteiger partial charge in [-0.15, -0.1) is 90.7 Å². The molecule has 9 aromatic heterocycles. The predicted molar refractivity (Wildman–Crippen MR) is 462 cm³/mol. The molecule has 0 fully saturated rings. The van der Waals surface area contributed by atoms with E-state index in [2.05, 4.69) is 193 Å². The molecule has 99 heavy (non-hydrogen) atoms. The zero-order valence-electron chi connectivity index (χ0n) is 61.4. The first-order valence-electron chi connectivity index (χ1n) is 39.2. The second kappa shape index (κ2) is 42.1. The van der Waals surface area contributed by atoms with Crippen LogP contribution in [0, 0.1) is 0 Å². The lowest BCUT2D eigenvalue weighted by Crippen LogP contribution is -1.89. The summed E-state index contributed by atoms with van der Waals surface area (Å²) in [4.78, 5) is 20.7. The average molecular weight is 1620 g/mol. The number of hydrogen-bond acceptors (Lipinski definition) is 11. The van der Waals surface area contributed by atoms with Gasteiger partial charge in [-0.05, 0) is 228 Å². The largest absolute Gasteiger partial charge is 0.172 e. The molecule has 13 heteroatoms. The van der Waals surface area contributed by atoms with E-state index in [0.29, 0.717) is 0 Å². The van der Waals surface area contributed by atoms with E-state index in [1.165, 1.54) is 307 Å². The van der Waals surface area contributed by atoms with Crippen LogP contribution in [0.4, 0.5) is 0 Å². The number of halogens is 2. The molecular weight excluding hydrogens is 1510 g/mol. The van der Waals surface area contributed by atoms with Gasteiger partial charge in [-0.2, -0.15) is 8.75 Å². The normalized spacial score (nSPS) is 11.9. The maximum atomic E-state index is 5.28. The summed E-state index contributed by atoms with van der Waals surface area (Å²) in [5.74, 6) is 0. The molecule has 0 amide bonds. The molecule has 0 saturated heterocycles. The van der Waals surface area contributed by atoms with Crippen molar-refractivity contribution in [2.24, 2.45) is 0 Å². The Bertz CT molecular complexity index is 3760. The fourth-order valence-electron chi connectivity index (χ4n) is 14.4. The van der Waals surface area contributed by atoms with Crippen LogP contribution in [-0.2, 0) is 51.4 Å². The Morgan fingerprint density at radius 3 is 0.677 bits per heavy atom. The van der Waals surface area contributed by atoms with Crippen molar-refractivity contribution < 1.29 is 0 Å². The van der Waals surface area contributed by atoms with E-state index in [0.717, 1.165) is 62.4 Å². The second-order valence-electron chi connectivity index (χ2n) is 28.2. The van der Waals surface area contributed by atoms with Gasteiger partial charge >= 0.3 is 0 Å². The van der Waals surface area contributed by atoms with E-state index in [9.17, 15) is 0 Å². The molecule has 0 atom stereocenters. The van der Waals surface area contributed by atoms with Crippen LogP contribution in [0.25, 0.3) is 90.4 Å². The van der Waals surface area contributed by atoms with Gasteiger partial charge in [0, 0.05) is 79.4 Å². The van der Waals surface area contributed by atoms with E-state index in [4.69, 9.17) is 8.75 Å². The Hall–Kier alpha value is -2.40. The summed E-state index contributed by atoms with van der Waals surface area (Å²) in [6.07, 6.45) is 49.9. The van der Waals surface area contributed by atoms with Crippen molar-refractivity contribution in [3.63, 3.8) is 0 Å². The van der Waals surface area contributed by atoms with E-state index in [1.54, 1.807) is 41.8 Å². The van der Waals surface area contributed by atoms with Crippen LogP contribution in [-0.4, -0.2) is 8.75 Å². The fourth-order valence-corrected chi connectivity index (χ4v) is 26.6.